The summed E-state index contributed by atoms with van der Waals surface area (Å²) < 4.78 is 30.1. The highest BCUT2D eigenvalue weighted by Gasteiger charge is 2.17. The van der Waals surface area contributed by atoms with Gasteiger partial charge in [0.05, 0.1) is 10.6 Å². The van der Waals surface area contributed by atoms with Gasteiger partial charge in [-0.2, -0.15) is 5.10 Å². The van der Waals surface area contributed by atoms with E-state index in [1.54, 1.807) is 54.2 Å². The van der Waals surface area contributed by atoms with Gasteiger partial charge in [0.2, 0.25) is 0 Å². The van der Waals surface area contributed by atoms with Crippen LogP contribution in [0, 0.1) is 6.92 Å². The molecular formula is C16H14BrN3O2S. The van der Waals surface area contributed by atoms with Crippen molar-refractivity contribution in [2.45, 2.75) is 11.8 Å². The summed E-state index contributed by atoms with van der Waals surface area (Å²) in [6.45, 7) is 1.77. The zero-order valence-corrected chi connectivity index (χ0v) is 14.7. The molecule has 3 rings (SSSR count). The highest BCUT2D eigenvalue weighted by atomic mass is 79.9. The van der Waals surface area contributed by atoms with Gasteiger partial charge in [0.1, 0.15) is 0 Å². The third-order valence-corrected chi connectivity index (χ3v) is 5.34. The summed E-state index contributed by atoms with van der Waals surface area (Å²) in [5, 5.41) is 4.13. The predicted molar refractivity (Wildman–Crippen MR) is 93.3 cm³/mol. The Labute approximate surface area is 143 Å². The van der Waals surface area contributed by atoms with E-state index in [0.29, 0.717) is 11.3 Å². The quantitative estimate of drug-likeness (QED) is 0.736. The van der Waals surface area contributed by atoms with Crippen molar-refractivity contribution >= 4 is 31.6 Å². The first-order chi connectivity index (χ1) is 11.0. The fourth-order valence-corrected chi connectivity index (χ4v) is 4.02. The molecule has 118 valence electrons. The monoisotopic (exact) mass is 391 g/mol. The topological polar surface area (TPSA) is 64.0 Å². The molecule has 0 atom stereocenters. The minimum absolute atomic E-state index is 0.253. The number of hydrogen-bond donors (Lipinski definition) is 1. The first-order valence-electron chi connectivity index (χ1n) is 6.85. The zero-order chi connectivity index (χ0) is 16.4. The van der Waals surface area contributed by atoms with Gasteiger partial charge in [0, 0.05) is 22.6 Å². The molecule has 0 spiro atoms. The third kappa shape index (κ3) is 3.46. The van der Waals surface area contributed by atoms with Gasteiger partial charge in [-0.25, -0.2) is 13.1 Å². The van der Waals surface area contributed by atoms with Gasteiger partial charge in [-0.15, -0.1) is 0 Å². The molecule has 0 radical (unpaired) electrons. The number of benzene rings is 2. The summed E-state index contributed by atoms with van der Waals surface area (Å²) in [6.07, 6.45) is 3.51. The van der Waals surface area contributed by atoms with E-state index in [1.165, 1.54) is 0 Å². The number of aryl methyl sites for hydroxylation is 1. The van der Waals surface area contributed by atoms with E-state index < -0.39 is 10.0 Å². The van der Waals surface area contributed by atoms with E-state index in [0.717, 1.165) is 10.2 Å². The molecule has 0 fully saturated rings. The Hall–Kier alpha value is -2.12. The van der Waals surface area contributed by atoms with Crippen molar-refractivity contribution in [1.29, 1.82) is 0 Å². The van der Waals surface area contributed by atoms with E-state index >= 15 is 0 Å². The molecule has 0 saturated heterocycles. The lowest BCUT2D eigenvalue weighted by atomic mass is 10.2. The molecule has 0 saturated carbocycles. The second-order valence-corrected chi connectivity index (χ2v) is 7.58. The Morgan fingerprint density at radius 2 is 1.87 bits per heavy atom. The van der Waals surface area contributed by atoms with Crippen LogP contribution in [0.25, 0.3) is 5.69 Å². The Kier molecular flexibility index (Phi) is 4.23. The van der Waals surface area contributed by atoms with Crippen molar-refractivity contribution in [3.05, 3.63) is 71.0 Å². The predicted octanol–water partition coefficient (Wildman–Crippen LogP) is 3.74. The Morgan fingerprint density at radius 3 is 2.52 bits per heavy atom. The third-order valence-electron chi connectivity index (χ3n) is 3.33. The van der Waals surface area contributed by atoms with Crippen LogP contribution in [-0.2, 0) is 10.0 Å². The summed E-state index contributed by atoms with van der Waals surface area (Å²) in [5.74, 6) is 0. The van der Waals surface area contributed by atoms with Gasteiger partial charge in [-0.3, -0.25) is 4.72 Å². The average Bonchev–Trinajstić information content (AvgIpc) is 3.04. The van der Waals surface area contributed by atoms with E-state index in [9.17, 15) is 8.42 Å². The van der Waals surface area contributed by atoms with Crippen LogP contribution in [0.15, 0.2) is 70.3 Å². The number of nitrogens with one attached hydrogen (secondary N) is 1. The minimum atomic E-state index is -3.64. The smallest absolute Gasteiger partial charge is 0.262 e. The van der Waals surface area contributed by atoms with Crippen LogP contribution >= 0.6 is 15.9 Å². The Morgan fingerprint density at radius 1 is 1.13 bits per heavy atom. The fourth-order valence-electron chi connectivity index (χ4n) is 2.18. The Bertz CT molecular complexity index is 920. The number of nitrogens with zero attached hydrogens (tertiary/aromatic N) is 2. The summed E-state index contributed by atoms with van der Waals surface area (Å²) in [4.78, 5) is 0.253. The molecule has 3 aromatic rings. The number of halogens is 1. The van der Waals surface area contributed by atoms with Crippen molar-refractivity contribution in [3.63, 3.8) is 0 Å². The number of sulfonamides is 1. The molecule has 2 aromatic carbocycles. The number of anilines is 1. The fraction of sp³-hybridized carbons (Fsp3) is 0.0625. The van der Waals surface area contributed by atoms with Gasteiger partial charge in [0.15, 0.2) is 0 Å². The summed E-state index contributed by atoms with van der Waals surface area (Å²) in [7, 11) is -3.64. The maximum absolute atomic E-state index is 12.5. The van der Waals surface area contributed by atoms with Crippen LogP contribution < -0.4 is 4.72 Å². The lowest BCUT2D eigenvalue weighted by Gasteiger charge is -2.11. The van der Waals surface area contributed by atoms with Crippen molar-refractivity contribution in [2.24, 2.45) is 0 Å². The molecule has 5 nitrogen and oxygen atoms in total. The van der Waals surface area contributed by atoms with Crippen molar-refractivity contribution < 1.29 is 8.42 Å². The molecule has 1 aromatic heterocycles. The molecule has 0 bridgehead atoms. The van der Waals surface area contributed by atoms with E-state index in [4.69, 9.17) is 0 Å². The van der Waals surface area contributed by atoms with Gasteiger partial charge in [-0.05, 0) is 55.0 Å². The largest absolute Gasteiger partial charge is 0.280 e. The minimum Gasteiger partial charge on any atom is -0.280 e. The van der Waals surface area contributed by atoms with Crippen molar-refractivity contribution in [3.8, 4) is 5.69 Å². The van der Waals surface area contributed by atoms with Crippen LogP contribution in [0.2, 0.25) is 0 Å². The normalized spacial score (nSPS) is 11.4. The molecule has 7 heteroatoms. The molecule has 0 aliphatic rings. The number of aromatic nitrogens is 2. The Balaban J connectivity index is 1.87. The van der Waals surface area contributed by atoms with Crippen LogP contribution in [0.3, 0.4) is 0 Å². The van der Waals surface area contributed by atoms with E-state index in [-0.39, 0.29) is 4.90 Å². The second-order valence-electron chi connectivity index (χ2n) is 5.01. The van der Waals surface area contributed by atoms with Crippen LogP contribution in [0.1, 0.15) is 5.56 Å². The highest BCUT2D eigenvalue weighted by Crippen LogP contribution is 2.23. The van der Waals surface area contributed by atoms with Gasteiger partial charge in [-0.1, -0.05) is 22.0 Å². The van der Waals surface area contributed by atoms with Crippen LogP contribution in [0.5, 0.6) is 0 Å². The summed E-state index contributed by atoms with van der Waals surface area (Å²) in [5.41, 5.74) is 2.05. The SMILES string of the molecule is Cc1ccc(Br)cc1S(=O)(=O)Nc1ccc(-n2cccn2)cc1. The van der Waals surface area contributed by atoms with Gasteiger partial charge < -0.3 is 0 Å². The molecule has 0 unspecified atom stereocenters. The average molecular weight is 392 g/mol. The second kappa shape index (κ2) is 6.17. The van der Waals surface area contributed by atoms with Crippen molar-refractivity contribution in [1.82, 2.24) is 9.78 Å². The molecule has 0 aliphatic heterocycles. The maximum Gasteiger partial charge on any atom is 0.262 e. The molecule has 0 aliphatic carbocycles. The van der Waals surface area contributed by atoms with Crippen LogP contribution in [-0.4, -0.2) is 18.2 Å². The summed E-state index contributed by atoms with van der Waals surface area (Å²) in [6, 6.07) is 14.0. The maximum atomic E-state index is 12.5. The van der Waals surface area contributed by atoms with Gasteiger partial charge in [0.25, 0.3) is 10.0 Å². The number of rotatable bonds is 4. The van der Waals surface area contributed by atoms with E-state index in [2.05, 4.69) is 25.8 Å². The standard InChI is InChI=1S/C16H14BrN3O2S/c1-12-3-4-13(17)11-16(12)23(21,22)19-14-5-7-15(8-6-14)20-10-2-9-18-20/h2-11,19H,1H3. The lowest BCUT2D eigenvalue weighted by molar-refractivity contribution is 0.600. The highest BCUT2D eigenvalue weighted by molar-refractivity contribution is 9.10. The van der Waals surface area contributed by atoms with Crippen molar-refractivity contribution in [2.75, 3.05) is 4.72 Å². The molecular weight excluding hydrogens is 378 g/mol. The summed E-state index contributed by atoms with van der Waals surface area (Å²) >= 11 is 3.30. The van der Waals surface area contributed by atoms with Crippen LogP contribution in [0.4, 0.5) is 5.69 Å². The van der Waals surface area contributed by atoms with E-state index in [1.807, 2.05) is 18.3 Å². The van der Waals surface area contributed by atoms with Gasteiger partial charge >= 0.3 is 0 Å². The molecule has 23 heavy (non-hydrogen) atoms. The first kappa shape index (κ1) is 15.8. The first-order valence-corrected chi connectivity index (χ1v) is 9.12. The molecule has 0 amide bonds. The molecule has 1 N–H and O–H groups in total. The number of hydrogen-bond acceptors (Lipinski definition) is 3. The zero-order valence-electron chi connectivity index (χ0n) is 12.3. The molecule has 1 heterocycles. The lowest BCUT2D eigenvalue weighted by Crippen LogP contribution is -2.14.